The first-order chi connectivity index (χ1) is 45.5. The van der Waals surface area contributed by atoms with E-state index in [1.807, 2.05) is 0 Å². The Bertz CT molecular complexity index is 3130. The molecule has 0 radical (unpaired) electrons. The molecule has 20 rings (SSSR count). The zero-order valence-electron chi connectivity index (χ0n) is 56.3. The first-order valence-corrected chi connectivity index (χ1v) is 34.8. The van der Waals surface area contributed by atoms with E-state index in [4.69, 9.17) is 37.9 Å². The minimum atomic E-state index is -0.858. The Morgan fingerprint density at radius 2 is 0.526 bits per heavy atom. The van der Waals surface area contributed by atoms with Gasteiger partial charge in [0, 0.05) is 106 Å². The molecule has 97 heavy (non-hydrogen) atoms. The molecule has 0 aliphatic heterocycles. The van der Waals surface area contributed by atoms with Crippen molar-refractivity contribution in [2.75, 3.05) is 0 Å². The van der Waals surface area contributed by atoms with Gasteiger partial charge in [-0.1, -0.05) is 52.6 Å². The molecule has 20 saturated carbocycles. The Kier molecular flexibility index (Phi) is 18.9. The maximum absolute atomic E-state index is 11.9. The number of aliphatic carboxylic acids is 1. The fraction of sp³-hybridized carbons (Fsp3) is 0.671. The molecule has 0 spiro atoms. The molecule has 4 N–H and O–H groups in total. The average molecular weight is 1350 g/mol. The van der Waals surface area contributed by atoms with Crippen LogP contribution in [0.1, 0.15) is 200 Å². The van der Waals surface area contributed by atoms with Crippen molar-refractivity contribution in [2.45, 2.75) is 261 Å². The summed E-state index contributed by atoms with van der Waals surface area (Å²) in [5, 5.41) is 41.0. The lowest BCUT2D eigenvalue weighted by Gasteiger charge is -2.63. The zero-order valence-corrected chi connectivity index (χ0v) is 56.3. The molecule has 20 aliphatic carbocycles. The molecule has 528 valence electrons. The van der Waals surface area contributed by atoms with Gasteiger partial charge in [0.15, 0.2) is 0 Å². The first kappa shape index (κ1) is 71.3. The van der Waals surface area contributed by atoms with Gasteiger partial charge in [0.2, 0.25) is 0 Å². The normalized spacial score (nSPS) is 43.7. The highest BCUT2D eigenvalue weighted by Gasteiger charge is 2.70. The summed E-state index contributed by atoms with van der Waals surface area (Å²) in [6, 6.07) is 0. The number of ether oxygens (including phenoxy) is 8. The number of hydrogen-bond acceptors (Lipinski definition) is 20. The summed E-state index contributed by atoms with van der Waals surface area (Å²) in [6.45, 7) is 29.3. The van der Waals surface area contributed by atoms with Crippen molar-refractivity contribution in [3.05, 3.63) is 101 Å². The van der Waals surface area contributed by atoms with E-state index in [9.17, 15) is 63.6 Å². The second kappa shape index (κ2) is 25.6. The van der Waals surface area contributed by atoms with Crippen LogP contribution in [-0.4, -0.2) is 136 Å². The van der Waals surface area contributed by atoms with Gasteiger partial charge in [0.1, 0.15) is 44.8 Å². The predicted octanol–water partition coefficient (Wildman–Crippen LogP) is 10.2. The third-order valence-electron chi connectivity index (χ3n) is 24.3. The van der Waals surface area contributed by atoms with Gasteiger partial charge < -0.3 is 58.3 Å². The predicted molar refractivity (Wildman–Crippen MR) is 348 cm³/mol. The van der Waals surface area contributed by atoms with Gasteiger partial charge in [0.05, 0.1) is 22.2 Å². The van der Waals surface area contributed by atoms with Crippen molar-refractivity contribution in [1.29, 1.82) is 0 Å². The molecule has 0 aromatic heterocycles. The standard InChI is InChI=1S/C19H22O6.C16H20O4.C14H20O4.C14H18O4.C13H18O3/c1-4-14(20)23-17-7-13-8-18(10-17,24-15(21)5-2)12-19(9-13,11-17)25-16(22)6-3;1-3-13(17)19-15-6-11-5-12(7-15)9-16(8-11,10-15)20-14(18)4-2;1-9(2)11(15)18-14-5-10-3-12(16,7-14)6-13(17,4-10)8-14;1-2-11(15)18-14-6-9-3-10(7-14)5-13(4-9,8-14)12(16)17;1-2-11(14)16-13-6-9-3-10(7-13)5-12(15,4-9)8-13/h4-6,13H,1-3,7-12H2;3-4,11-12H,1-2,5-10H2;10,16-17H,1,3-8H2,2H3;2,9-10H,1,3-8H2,(H,16,17);2,9-10,15H,1,3-8H2. The second-order valence-corrected chi connectivity index (χ2v) is 33.2. The van der Waals surface area contributed by atoms with Crippen molar-refractivity contribution < 1.29 is 101 Å². The second-order valence-electron chi connectivity index (χ2n) is 33.2. The van der Waals surface area contributed by atoms with Crippen LogP contribution in [0.15, 0.2) is 101 Å². The number of hydrogen-bond donors (Lipinski definition) is 4. The topological polar surface area (TPSA) is 308 Å². The minimum Gasteiger partial charge on any atom is -0.481 e. The van der Waals surface area contributed by atoms with Crippen LogP contribution < -0.4 is 0 Å². The van der Waals surface area contributed by atoms with E-state index in [1.165, 1.54) is 30.7 Å². The van der Waals surface area contributed by atoms with Gasteiger partial charge in [-0.3, -0.25) is 4.79 Å². The SMILES string of the molecule is C=C(C)C(=O)OC12CC3CC(O)(CC(O)(C3)C1)C2.C=CC(=O)OC12CC3CC(C1)CC(C(=O)O)(C3)C2.C=CC(=O)OC12CC3CC(C1)CC(OC(=O)C=C)(C3)C2.C=CC(=O)OC12CC3CC(CC(O)(C3)C1)C2.C=CC(=O)OC12CC3CC(OC(=O)C=C)(C1)CC(OC(=O)C=C)(C3)C2. The monoisotopic (exact) mass is 1350 g/mol. The Labute approximate surface area is 567 Å². The molecular weight excluding hydrogens is 1250 g/mol. The van der Waals surface area contributed by atoms with Crippen LogP contribution >= 0.6 is 0 Å². The van der Waals surface area contributed by atoms with Crippen molar-refractivity contribution in [3.8, 4) is 0 Å². The smallest absolute Gasteiger partial charge is 0.333 e. The third-order valence-corrected chi connectivity index (χ3v) is 24.3. The molecule has 20 fully saturated rings. The van der Waals surface area contributed by atoms with Crippen molar-refractivity contribution in [2.24, 2.45) is 52.8 Å². The first-order valence-electron chi connectivity index (χ1n) is 34.8. The Hall–Kier alpha value is -6.97. The summed E-state index contributed by atoms with van der Waals surface area (Å²) in [4.78, 5) is 105. The molecular formula is C76H98O21. The maximum Gasteiger partial charge on any atom is 0.333 e. The van der Waals surface area contributed by atoms with Crippen molar-refractivity contribution in [3.63, 3.8) is 0 Å². The van der Waals surface area contributed by atoms with E-state index in [2.05, 4.69) is 52.6 Å². The van der Waals surface area contributed by atoms with Crippen LogP contribution in [0.4, 0.5) is 0 Å². The van der Waals surface area contributed by atoms with Crippen LogP contribution in [0.5, 0.6) is 0 Å². The number of carboxylic acid groups (broad SMARTS) is 1. The van der Waals surface area contributed by atoms with E-state index < -0.39 is 97.2 Å². The molecule has 6 unspecified atom stereocenters. The number of rotatable bonds is 17. The molecule has 0 heterocycles. The van der Waals surface area contributed by atoms with Crippen molar-refractivity contribution >= 4 is 53.7 Å². The van der Waals surface area contributed by atoms with Gasteiger partial charge in [-0.2, -0.15) is 0 Å². The molecule has 21 nitrogen and oxygen atoms in total. The summed E-state index contributed by atoms with van der Waals surface area (Å²) in [5.41, 5.74) is -7.56. The van der Waals surface area contributed by atoms with E-state index in [-0.39, 0.29) is 35.3 Å². The Morgan fingerprint density at radius 3 is 0.814 bits per heavy atom. The lowest BCUT2D eigenvalue weighted by atomic mass is 9.48. The van der Waals surface area contributed by atoms with E-state index >= 15 is 0 Å². The molecule has 0 saturated heterocycles. The van der Waals surface area contributed by atoms with Gasteiger partial charge >= 0.3 is 53.7 Å². The van der Waals surface area contributed by atoms with E-state index in [0.29, 0.717) is 118 Å². The molecule has 21 heteroatoms. The molecule has 0 aromatic carbocycles. The molecule has 20 aliphatic rings. The van der Waals surface area contributed by atoms with Gasteiger partial charge in [-0.05, 0) is 189 Å². The summed E-state index contributed by atoms with van der Waals surface area (Å²) < 4.78 is 45.1. The Morgan fingerprint density at radius 1 is 0.299 bits per heavy atom. The zero-order chi connectivity index (χ0) is 70.2. The summed E-state index contributed by atoms with van der Waals surface area (Å²) in [6.07, 6.45) is 30.4. The van der Waals surface area contributed by atoms with E-state index in [1.54, 1.807) is 6.92 Å². The van der Waals surface area contributed by atoms with Crippen LogP contribution in [-0.2, 0) is 81.0 Å². The Balaban J connectivity index is 0.000000124. The number of carbonyl (C=O) groups excluding carboxylic acids is 8. The fourth-order valence-corrected chi connectivity index (χ4v) is 24.1. The average Bonchev–Trinajstić information content (AvgIpc) is 0.707. The van der Waals surface area contributed by atoms with Gasteiger partial charge in [-0.25, -0.2) is 38.4 Å². The molecule has 0 aromatic rings. The summed E-state index contributed by atoms with van der Waals surface area (Å²) in [5.74, 6) is -0.993. The largest absolute Gasteiger partial charge is 0.481 e. The highest BCUT2D eigenvalue weighted by Crippen LogP contribution is 2.66. The van der Waals surface area contributed by atoms with Gasteiger partial charge in [0.25, 0.3) is 0 Å². The summed E-state index contributed by atoms with van der Waals surface area (Å²) in [7, 11) is 0. The number of carbonyl (C=O) groups is 9. The van der Waals surface area contributed by atoms with Crippen molar-refractivity contribution in [1.82, 2.24) is 0 Å². The maximum atomic E-state index is 11.9. The summed E-state index contributed by atoms with van der Waals surface area (Å²) >= 11 is 0. The van der Waals surface area contributed by atoms with Crippen LogP contribution in [0.3, 0.4) is 0 Å². The highest BCUT2D eigenvalue weighted by atomic mass is 16.6. The fourth-order valence-electron chi connectivity index (χ4n) is 24.1. The minimum absolute atomic E-state index is 0.129. The third kappa shape index (κ3) is 14.9. The van der Waals surface area contributed by atoms with Crippen LogP contribution in [0, 0.1) is 52.8 Å². The molecule has 0 amide bonds. The van der Waals surface area contributed by atoms with E-state index in [0.717, 1.165) is 127 Å². The lowest BCUT2D eigenvalue weighted by Crippen LogP contribution is -2.68. The molecule has 20 bridgehead atoms. The van der Waals surface area contributed by atoms with Gasteiger partial charge in [-0.15, -0.1) is 0 Å². The van der Waals surface area contributed by atoms with Crippen LogP contribution in [0.2, 0.25) is 0 Å². The number of aliphatic hydroxyl groups is 3. The highest BCUT2D eigenvalue weighted by molar-refractivity contribution is 5.87. The quantitative estimate of drug-likeness (QED) is 0.0597. The lowest BCUT2D eigenvalue weighted by molar-refractivity contribution is -0.269. The number of carboxylic acids is 1. The van der Waals surface area contributed by atoms with Crippen LogP contribution in [0.25, 0.3) is 0 Å². The molecule has 6 atom stereocenters. The number of esters is 8.